The zero-order valence-electron chi connectivity index (χ0n) is 18.8. The van der Waals surface area contributed by atoms with Gasteiger partial charge in [0.1, 0.15) is 0 Å². The van der Waals surface area contributed by atoms with Gasteiger partial charge in [-0.1, -0.05) is 45.0 Å². The number of benzene rings is 2. The summed E-state index contributed by atoms with van der Waals surface area (Å²) in [5.41, 5.74) is 3.71. The monoisotopic (exact) mass is 439 g/mol. The Bertz CT molecular complexity index is 1240. The molecule has 0 saturated carbocycles. The van der Waals surface area contributed by atoms with Crippen molar-refractivity contribution in [3.8, 4) is 0 Å². The summed E-state index contributed by atoms with van der Waals surface area (Å²) in [7, 11) is -3.38. The van der Waals surface area contributed by atoms with E-state index in [1.54, 1.807) is 13.0 Å². The Morgan fingerprint density at radius 1 is 1.03 bits per heavy atom. The number of amides is 1. The first-order chi connectivity index (χ1) is 14.3. The molecular formula is C24H29N3O3S. The standard InChI is InChI=1S/C24H29N3O3S/c1-15-11-21(25-14-22(15)27-31(6,29)30)16(2)26-23(28)19-8-7-18-13-20(24(3,4)5)10-9-17(18)12-19/h7-14,16,27H,1-6H3,(H,26,28). The number of rotatable bonds is 5. The smallest absolute Gasteiger partial charge is 0.251 e. The van der Waals surface area contributed by atoms with Crippen molar-refractivity contribution in [2.45, 2.75) is 46.1 Å². The van der Waals surface area contributed by atoms with Crippen LogP contribution in [0.25, 0.3) is 10.8 Å². The maximum absolute atomic E-state index is 12.8. The van der Waals surface area contributed by atoms with Gasteiger partial charge in [-0.2, -0.15) is 0 Å². The summed E-state index contributed by atoms with van der Waals surface area (Å²) >= 11 is 0. The van der Waals surface area contributed by atoms with E-state index in [2.05, 4.69) is 54.0 Å². The molecule has 0 radical (unpaired) electrons. The van der Waals surface area contributed by atoms with Gasteiger partial charge in [-0.25, -0.2) is 8.42 Å². The molecule has 1 unspecified atom stereocenters. The Morgan fingerprint density at radius 3 is 2.29 bits per heavy atom. The van der Waals surface area contributed by atoms with Crippen LogP contribution in [-0.2, 0) is 15.4 Å². The molecule has 0 fully saturated rings. The molecule has 1 heterocycles. The van der Waals surface area contributed by atoms with E-state index >= 15 is 0 Å². The normalized spacial score (nSPS) is 13.1. The van der Waals surface area contributed by atoms with Gasteiger partial charge < -0.3 is 5.32 Å². The molecule has 3 rings (SSSR count). The van der Waals surface area contributed by atoms with Crippen LogP contribution in [0.4, 0.5) is 5.69 Å². The number of hydrogen-bond donors (Lipinski definition) is 2. The van der Waals surface area contributed by atoms with Gasteiger partial charge in [0.15, 0.2) is 0 Å². The SMILES string of the molecule is Cc1cc(C(C)NC(=O)c2ccc3cc(C(C)(C)C)ccc3c2)ncc1NS(C)(=O)=O. The first-order valence-corrected chi connectivity index (χ1v) is 12.0. The number of hydrogen-bond acceptors (Lipinski definition) is 4. The summed E-state index contributed by atoms with van der Waals surface area (Å²) in [5, 5.41) is 5.08. The predicted octanol–water partition coefficient (Wildman–Crippen LogP) is 4.70. The number of fused-ring (bicyclic) bond motifs is 1. The highest BCUT2D eigenvalue weighted by molar-refractivity contribution is 7.92. The van der Waals surface area contributed by atoms with Crippen molar-refractivity contribution in [2.24, 2.45) is 0 Å². The number of carbonyl (C=O) groups is 1. The van der Waals surface area contributed by atoms with E-state index in [9.17, 15) is 13.2 Å². The highest BCUT2D eigenvalue weighted by Crippen LogP contribution is 2.27. The lowest BCUT2D eigenvalue weighted by molar-refractivity contribution is 0.0939. The van der Waals surface area contributed by atoms with Crippen molar-refractivity contribution in [3.63, 3.8) is 0 Å². The summed E-state index contributed by atoms with van der Waals surface area (Å²) < 4.78 is 25.3. The van der Waals surface area contributed by atoms with E-state index in [-0.39, 0.29) is 17.4 Å². The quantitative estimate of drug-likeness (QED) is 0.603. The molecule has 6 nitrogen and oxygen atoms in total. The van der Waals surface area contributed by atoms with E-state index in [1.807, 2.05) is 25.1 Å². The molecule has 0 aliphatic rings. The van der Waals surface area contributed by atoms with Crippen LogP contribution in [0.15, 0.2) is 48.7 Å². The topological polar surface area (TPSA) is 88.2 Å². The Balaban J connectivity index is 1.77. The van der Waals surface area contributed by atoms with Crippen molar-refractivity contribution in [2.75, 3.05) is 11.0 Å². The van der Waals surface area contributed by atoms with Crippen molar-refractivity contribution in [3.05, 3.63) is 71.0 Å². The number of aromatic nitrogens is 1. The molecule has 7 heteroatoms. The fourth-order valence-corrected chi connectivity index (χ4v) is 3.94. The molecule has 0 spiro atoms. The lowest BCUT2D eigenvalue weighted by atomic mass is 9.86. The summed E-state index contributed by atoms with van der Waals surface area (Å²) in [5.74, 6) is -0.188. The molecule has 164 valence electrons. The summed E-state index contributed by atoms with van der Waals surface area (Å²) in [6.07, 6.45) is 2.56. The summed E-state index contributed by atoms with van der Waals surface area (Å²) in [6.45, 7) is 10.2. The van der Waals surface area contributed by atoms with Crippen LogP contribution in [0.2, 0.25) is 0 Å². The van der Waals surface area contributed by atoms with Gasteiger partial charge in [-0.3, -0.25) is 14.5 Å². The minimum Gasteiger partial charge on any atom is -0.344 e. The fourth-order valence-electron chi connectivity index (χ4n) is 3.33. The maximum atomic E-state index is 12.8. The Hall–Kier alpha value is -2.93. The lowest BCUT2D eigenvalue weighted by Crippen LogP contribution is -2.27. The molecule has 0 bridgehead atoms. The van der Waals surface area contributed by atoms with Crippen LogP contribution in [0.5, 0.6) is 0 Å². The molecule has 1 amide bonds. The van der Waals surface area contributed by atoms with Gasteiger partial charge in [0, 0.05) is 5.56 Å². The lowest BCUT2D eigenvalue weighted by Gasteiger charge is -2.19. The number of nitrogens with one attached hydrogen (secondary N) is 2. The van der Waals surface area contributed by atoms with E-state index < -0.39 is 10.0 Å². The minimum absolute atomic E-state index is 0.0667. The van der Waals surface area contributed by atoms with Gasteiger partial charge >= 0.3 is 0 Å². The highest BCUT2D eigenvalue weighted by atomic mass is 32.2. The Kier molecular flexibility index (Phi) is 6.09. The Morgan fingerprint density at radius 2 is 1.68 bits per heavy atom. The van der Waals surface area contributed by atoms with E-state index in [4.69, 9.17) is 0 Å². The number of nitrogens with zero attached hydrogens (tertiary/aromatic N) is 1. The van der Waals surface area contributed by atoms with Crippen LogP contribution < -0.4 is 10.0 Å². The van der Waals surface area contributed by atoms with Gasteiger partial charge in [0.25, 0.3) is 5.91 Å². The zero-order chi connectivity index (χ0) is 23.0. The number of anilines is 1. The zero-order valence-corrected chi connectivity index (χ0v) is 19.6. The van der Waals surface area contributed by atoms with Crippen molar-refractivity contribution in [1.82, 2.24) is 10.3 Å². The Labute approximate surface area is 184 Å². The van der Waals surface area contributed by atoms with Crippen LogP contribution in [-0.4, -0.2) is 25.6 Å². The van der Waals surface area contributed by atoms with Crippen LogP contribution in [0.1, 0.15) is 60.9 Å². The van der Waals surface area contributed by atoms with Crippen LogP contribution in [0, 0.1) is 6.92 Å². The molecule has 1 atom stereocenters. The first kappa shape index (κ1) is 22.7. The number of aryl methyl sites for hydroxylation is 1. The highest BCUT2D eigenvalue weighted by Gasteiger charge is 2.16. The third kappa shape index (κ3) is 5.61. The van der Waals surface area contributed by atoms with E-state index in [1.165, 1.54) is 11.8 Å². The number of pyridine rings is 1. The van der Waals surface area contributed by atoms with E-state index in [0.717, 1.165) is 22.6 Å². The van der Waals surface area contributed by atoms with Crippen molar-refractivity contribution < 1.29 is 13.2 Å². The second kappa shape index (κ2) is 8.30. The van der Waals surface area contributed by atoms with Gasteiger partial charge in [0.2, 0.25) is 10.0 Å². The molecule has 0 aliphatic carbocycles. The second-order valence-corrected chi connectivity index (χ2v) is 10.8. The molecule has 31 heavy (non-hydrogen) atoms. The van der Waals surface area contributed by atoms with Crippen molar-refractivity contribution in [1.29, 1.82) is 0 Å². The second-order valence-electron chi connectivity index (χ2n) is 9.02. The predicted molar refractivity (Wildman–Crippen MR) is 126 cm³/mol. The molecule has 1 aromatic heterocycles. The maximum Gasteiger partial charge on any atom is 0.251 e. The molecule has 3 aromatic rings. The number of carbonyl (C=O) groups excluding carboxylic acids is 1. The van der Waals surface area contributed by atoms with Gasteiger partial charge in [-0.05, 0) is 59.4 Å². The molecular weight excluding hydrogens is 410 g/mol. The van der Waals surface area contributed by atoms with Crippen LogP contribution >= 0.6 is 0 Å². The van der Waals surface area contributed by atoms with Crippen molar-refractivity contribution >= 4 is 32.4 Å². The third-order valence-corrected chi connectivity index (χ3v) is 5.78. The molecule has 2 aromatic carbocycles. The molecule has 0 aliphatic heterocycles. The largest absolute Gasteiger partial charge is 0.344 e. The average Bonchev–Trinajstić information content (AvgIpc) is 2.66. The van der Waals surface area contributed by atoms with Gasteiger partial charge in [-0.15, -0.1) is 0 Å². The first-order valence-electron chi connectivity index (χ1n) is 10.1. The third-order valence-electron chi connectivity index (χ3n) is 5.19. The summed E-state index contributed by atoms with van der Waals surface area (Å²) in [6, 6.07) is 13.4. The molecule has 0 saturated heterocycles. The number of sulfonamides is 1. The summed E-state index contributed by atoms with van der Waals surface area (Å²) in [4.78, 5) is 17.1. The average molecular weight is 440 g/mol. The molecule has 2 N–H and O–H groups in total. The minimum atomic E-state index is -3.38. The fraction of sp³-hybridized carbons (Fsp3) is 0.333. The van der Waals surface area contributed by atoms with Crippen LogP contribution in [0.3, 0.4) is 0 Å². The van der Waals surface area contributed by atoms with E-state index in [0.29, 0.717) is 16.9 Å². The van der Waals surface area contributed by atoms with Gasteiger partial charge in [0.05, 0.1) is 29.9 Å².